The maximum absolute atomic E-state index is 12.1. The molecule has 4 heteroatoms. The van der Waals surface area contributed by atoms with Crippen molar-refractivity contribution in [3.63, 3.8) is 0 Å². The highest BCUT2D eigenvalue weighted by molar-refractivity contribution is 9.10. The molecule has 1 aromatic carbocycles. The van der Waals surface area contributed by atoms with Gasteiger partial charge in [0.05, 0.1) is 10.5 Å². The van der Waals surface area contributed by atoms with E-state index in [1.165, 1.54) is 0 Å². The number of phenols is 1. The number of hydrogen-bond donors (Lipinski definition) is 2. The van der Waals surface area contributed by atoms with E-state index in [2.05, 4.69) is 15.9 Å². The molecule has 0 bridgehead atoms. The van der Waals surface area contributed by atoms with Crippen molar-refractivity contribution in [2.45, 2.75) is 6.04 Å². The van der Waals surface area contributed by atoms with Crippen molar-refractivity contribution in [1.82, 2.24) is 0 Å². The smallest absolute Gasteiger partial charge is 0.134 e. The van der Waals surface area contributed by atoms with Gasteiger partial charge in [0.15, 0.2) is 0 Å². The summed E-state index contributed by atoms with van der Waals surface area (Å²) in [5.74, 6) is 0.0163. The minimum atomic E-state index is -0.748. The average Bonchev–Trinajstić information content (AvgIpc) is 2.08. The van der Waals surface area contributed by atoms with Crippen LogP contribution in [0.4, 0.5) is 4.39 Å². The third-order valence-electron chi connectivity index (χ3n) is 1.58. The Kier molecular flexibility index (Phi) is 3.05. The maximum atomic E-state index is 12.1. The molecule has 0 fully saturated rings. The summed E-state index contributed by atoms with van der Waals surface area (Å²) < 4.78 is 12.7. The summed E-state index contributed by atoms with van der Waals surface area (Å²) in [5.41, 5.74) is 5.83. The Morgan fingerprint density at radius 1 is 1.58 bits per heavy atom. The summed E-state index contributed by atoms with van der Waals surface area (Å²) in [7, 11) is 0. The highest BCUT2D eigenvalue weighted by Gasteiger charge is 2.11. The third kappa shape index (κ3) is 1.76. The normalized spacial score (nSPS) is 12.9. The van der Waals surface area contributed by atoms with E-state index >= 15 is 0 Å². The van der Waals surface area contributed by atoms with Gasteiger partial charge in [0.2, 0.25) is 0 Å². The van der Waals surface area contributed by atoms with E-state index in [9.17, 15) is 9.50 Å². The second kappa shape index (κ2) is 3.87. The largest absolute Gasteiger partial charge is 0.506 e. The Labute approximate surface area is 78.3 Å². The molecule has 0 spiro atoms. The second-order valence-electron chi connectivity index (χ2n) is 2.44. The Hall–Kier alpha value is -0.610. The molecule has 0 amide bonds. The van der Waals surface area contributed by atoms with E-state index in [0.29, 0.717) is 10.0 Å². The quantitative estimate of drug-likeness (QED) is 0.823. The fourth-order valence-electron chi connectivity index (χ4n) is 0.914. The Morgan fingerprint density at radius 2 is 2.25 bits per heavy atom. The molecular formula is C8H9BrFNO. The van der Waals surface area contributed by atoms with Crippen LogP contribution in [0.5, 0.6) is 5.75 Å². The van der Waals surface area contributed by atoms with Crippen molar-refractivity contribution in [1.29, 1.82) is 0 Å². The van der Waals surface area contributed by atoms with Gasteiger partial charge in [-0.15, -0.1) is 0 Å². The van der Waals surface area contributed by atoms with Gasteiger partial charge in [0.1, 0.15) is 12.4 Å². The summed E-state index contributed by atoms with van der Waals surface area (Å²) in [6.45, 7) is -0.677. The molecule has 0 aliphatic carbocycles. The zero-order valence-corrected chi connectivity index (χ0v) is 7.88. The number of halogens is 2. The number of rotatable bonds is 2. The van der Waals surface area contributed by atoms with Crippen molar-refractivity contribution >= 4 is 15.9 Å². The van der Waals surface area contributed by atoms with E-state index in [1.54, 1.807) is 18.2 Å². The number of hydrogen-bond acceptors (Lipinski definition) is 2. The van der Waals surface area contributed by atoms with E-state index in [1.807, 2.05) is 0 Å². The maximum Gasteiger partial charge on any atom is 0.134 e. The van der Waals surface area contributed by atoms with E-state index in [4.69, 9.17) is 5.73 Å². The van der Waals surface area contributed by atoms with Crippen LogP contribution < -0.4 is 5.73 Å². The Balaban J connectivity index is 3.07. The van der Waals surface area contributed by atoms with Gasteiger partial charge in [-0.25, -0.2) is 4.39 Å². The molecule has 0 unspecified atom stereocenters. The topological polar surface area (TPSA) is 46.2 Å². The molecule has 3 N–H and O–H groups in total. The average molecular weight is 234 g/mol. The molecule has 0 radical (unpaired) electrons. The molecule has 66 valence electrons. The van der Waals surface area contributed by atoms with Gasteiger partial charge in [0.25, 0.3) is 0 Å². The van der Waals surface area contributed by atoms with Gasteiger partial charge in [0, 0.05) is 5.56 Å². The number of phenolic OH excluding ortho intramolecular Hbond substituents is 1. The number of aromatic hydroxyl groups is 1. The minimum absolute atomic E-state index is 0.0163. The van der Waals surface area contributed by atoms with Gasteiger partial charge >= 0.3 is 0 Å². The fraction of sp³-hybridized carbons (Fsp3) is 0.250. The van der Waals surface area contributed by atoms with Gasteiger partial charge in [-0.3, -0.25) is 0 Å². The second-order valence-corrected chi connectivity index (χ2v) is 3.29. The summed E-state index contributed by atoms with van der Waals surface area (Å²) in [6, 6.07) is 4.23. The first-order chi connectivity index (χ1) is 5.66. The van der Waals surface area contributed by atoms with Gasteiger partial charge in [-0.1, -0.05) is 12.1 Å². The van der Waals surface area contributed by atoms with Crippen molar-refractivity contribution in [3.8, 4) is 5.75 Å². The predicted octanol–water partition coefficient (Wildman–Crippen LogP) is 2.12. The van der Waals surface area contributed by atoms with Crippen LogP contribution in [-0.2, 0) is 0 Å². The van der Waals surface area contributed by atoms with Crippen LogP contribution in [0.15, 0.2) is 22.7 Å². The lowest BCUT2D eigenvalue weighted by Crippen LogP contribution is -2.12. The molecule has 1 rings (SSSR count). The van der Waals surface area contributed by atoms with Crippen LogP contribution in [0.2, 0.25) is 0 Å². The van der Waals surface area contributed by atoms with Crippen LogP contribution in [0, 0.1) is 0 Å². The highest BCUT2D eigenvalue weighted by Crippen LogP contribution is 2.30. The van der Waals surface area contributed by atoms with Gasteiger partial charge in [-0.2, -0.15) is 0 Å². The monoisotopic (exact) mass is 233 g/mol. The highest BCUT2D eigenvalue weighted by atomic mass is 79.9. The molecular weight excluding hydrogens is 225 g/mol. The molecule has 0 saturated heterocycles. The summed E-state index contributed by atoms with van der Waals surface area (Å²) in [4.78, 5) is 0. The number of nitrogens with two attached hydrogens (primary N) is 1. The van der Waals surface area contributed by atoms with Crippen molar-refractivity contribution in [3.05, 3.63) is 28.2 Å². The number of para-hydroxylation sites is 1. The standard InChI is InChI=1S/C8H9BrFNO/c9-6-3-1-2-5(8(6)12)7(11)4-10/h1-3,7,12H,4,11H2/t7-/m0/s1. The van der Waals surface area contributed by atoms with E-state index < -0.39 is 12.7 Å². The molecule has 1 atom stereocenters. The van der Waals surface area contributed by atoms with Crippen LogP contribution >= 0.6 is 15.9 Å². The van der Waals surface area contributed by atoms with Crippen molar-refractivity contribution in [2.75, 3.05) is 6.67 Å². The van der Waals surface area contributed by atoms with Crippen LogP contribution in [0.25, 0.3) is 0 Å². The summed E-state index contributed by atoms with van der Waals surface area (Å²) >= 11 is 3.12. The molecule has 0 saturated carbocycles. The number of alkyl halides is 1. The zero-order valence-electron chi connectivity index (χ0n) is 6.30. The van der Waals surface area contributed by atoms with Crippen LogP contribution in [0.1, 0.15) is 11.6 Å². The van der Waals surface area contributed by atoms with Gasteiger partial charge in [-0.05, 0) is 22.0 Å². The van der Waals surface area contributed by atoms with E-state index in [0.717, 1.165) is 0 Å². The molecule has 2 nitrogen and oxygen atoms in total. The first-order valence-electron chi connectivity index (χ1n) is 3.45. The number of benzene rings is 1. The molecule has 1 aromatic rings. The molecule has 0 heterocycles. The SMILES string of the molecule is N[C@@H](CF)c1cccc(Br)c1O. The lowest BCUT2D eigenvalue weighted by Gasteiger charge is -2.10. The summed E-state index contributed by atoms with van der Waals surface area (Å²) in [6.07, 6.45) is 0. The predicted molar refractivity (Wildman–Crippen MR) is 48.7 cm³/mol. The zero-order chi connectivity index (χ0) is 9.14. The van der Waals surface area contributed by atoms with Crippen molar-refractivity contribution < 1.29 is 9.50 Å². The lowest BCUT2D eigenvalue weighted by molar-refractivity contribution is 0.413. The first kappa shape index (κ1) is 9.48. The Bertz CT molecular complexity index is 280. The molecule has 0 aliphatic heterocycles. The minimum Gasteiger partial charge on any atom is -0.506 e. The molecule has 0 aliphatic rings. The van der Waals surface area contributed by atoms with Crippen molar-refractivity contribution in [2.24, 2.45) is 5.73 Å². The molecule has 0 aromatic heterocycles. The van der Waals surface area contributed by atoms with Crippen LogP contribution in [-0.4, -0.2) is 11.8 Å². The summed E-state index contributed by atoms with van der Waals surface area (Å²) in [5, 5.41) is 9.41. The van der Waals surface area contributed by atoms with Gasteiger partial charge < -0.3 is 10.8 Å². The van der Waals surface area contributed by atoms with E-state index in [-0.39, 0.29) is 5.75 Å². The fourth-order valence-corrected chi connectivity index (χ4v) is 1.30. The molecule has 12 heavy (non-hydrogen) atoms. The lowest BCUT2D eigenvalue weighted by atomic mass is 10.1. The van der Waals surface area contributed by atoms with Crippen LogP contribution in [0.3, 0.4) is 0 Å². The third-order valence-corrected chi connectivity index (χ3v) is 2.22. The Morgan fingerprint density at radius 3 is 2.83 bits per heavy atom. The first-order valence-corrected chi connectivity index (χ1v) is 4.25.